The third kappa shape index (κ3) is 2.71. The largest absolute Gasteiger partial charge is 0.371 e. The van der Waals surface area contributed by atoms with Crippen LogP contribution in [-0.4, -0.2) is 31.6 Å². The summed E-state index contributed by atoms with van der Waals surface area (Å²) >= 11 is 0. The number of piperidine rings is 1. The predicted octanol–water partition coefficient (Wildman–Crippen LogP) is 1.50. The first kappa shape index (κ1) is 13.8. The van der Waals surface area contributed by atoms with E-state index in [9.17, 15) is 9.18 Å². The minimum Gasteiger partial charge on any atom is -0.371 e. The van der Waals surface area contributed by atoms with Crippen LogP contribution in [0.5, 0.6) is 0 Å². The molecular weight excluding hydrogens is 245 g/mol. The van der Waals surface area contributed by atoms with E-state index in [1.54, 1.807) is 12.1 Å². The van der Waals surface area contributed by atoms with Crippen molar-refractivity contribution >= 4 is 11.6 Å². The number of carbonyl (C=O) groups excluding carboxylic acids is 1. The molecule has 0 aromatic heterocycles. The molecule has 1 aliphatic rings. The second-order valence-corrected chi connectivity index (χ2v) is 5.30. The van der Waals surface area contributed by atoms with Crippen LogP contribution < -0.4 is 16.0 Å². The number of carbonyl (C=O) groups is 1. The number of primary amides is 1. The molecule has 4 nitrogen and oxygen atoms in total. The molecule has 0 saturated carbocycles. The second-order valence-electron chi connectivity index (χ2n) is 5.30. The van der Waals surface area contributed by atoms with Crippen LogP contribution >= 0.6 is 0 Å². The van der Waals surface area contributed by atoms with Crippen LogP contribution in [0.3, 0.4) is 0 Å². The van der Waals surface area contributed by atoms with Crippen molar-refractivity contribution in [2.45, 2.75) is 25.3 Å². The molecule has 2 rings (SSSR count). The van der Waals surface area contributed by atoms with E-state index in [4.69, 9.17) is 5.73 Å². The lowest BCUT2D eigenvalue weighted by Gasteiger charge is -2.40. The molecule has 3 N–H and O–H groups in total. The molecule has 0 spiro atoms. The van der Waals surface area contributed by atoms with Gasteiger partial charge in [-0.2, -0.15) is 0 Å². The van der Waals surface area contributed by atoms with E-state index >= 15 is 0 Å². The van der Waals surface area contributed by atoms with Crippen LogP contribution in [0.1, 0.15) is 30.1 Å². The summed E-state index contributed by atoms with van der Waals surface area (Å²) in [6.45, 7) is 3.73. The van der Waals surface area contributed by atoms with Crippen LogP contribution in [0.4, 0.5) is 10.1 Å². The van der Waals surface area contributed by atoms with Gasteiger partial charge in [-0.1, -0.05) is 6.07 Å². The van der Waals surface area contributed by atoms with E-state index in [1.807, 2.05) is 11.9 Å². The number of amides is 1. The molecule has 1 amide bonds. The summed E-state index contributed by atoms with van der Waals surface area (Å²) in [5, 5.41) is 3.31. The molecule has 0 bridgehead atoms. The Balaban J connectivity index is 2.25. The van der Waals surface area contributed by atoms with Crippen molar-refractivity contribution in [1.82, 2.24) is 5.32 Å². The standard InChI is InChI=1S/C14H20FN3O/c1-14(17-2)6-8-18(9-7-14)11-5-3-4-10(15)12(11)13(16)19/h3-5,17H,6-9H2,1-2H3,(H2,16,19). The average molecular weight is 265 g/mol. The average Bonchev–Trinajstić information content (AvgIpc) is 2.39. The summed E-state index contributed by atoms with van der Waals surface area (Å²) in [4.78, 5) is 13.4. The Hall–Kier alpha value is -1.62. The summed E-state index contributed by atoms with van der Waals surface area (Å²) in [7, 11) is 1.95. The van der Waals surface area contributed by atoms with E-state index in [2.05, 4.69) is 12.2 Å². The Labute approximate surface area is 112 Å². The fourth-order valence-corrected chi connectivity index (χ4v) is 2.51. The second kappa shape index (κ2) is 5.17. The number of benzene rings is 1. The highest BCUT2D eigenvalue weighted by Crippen LogP contribution is 2.29. The first-order chi connectivity index (χ1) is 8.97. The maximum absolute atomic E-state index is 13.7. The summed E-state index contributed by atoms with van der Waals surface area (Å²) in [6, 6.07) is 4.64. The Morgan fingerprint density at radius 1 is 1.42 bits per heavy atom. The van der Waals surface area contributed by atoms with Gasteiger partial charge in [0.15, 0.2) is 0 Å². The van der Waals surface area contributed by atoms with Gasteiger partial charge < -0.3 is 16.0 Å². The van der Waals surface area contributed by atoms with Crippen molar-refractivity contribution in [3.8, 4) is 0 Å². The lowest BCUT2D eigenvalue weighted by molar-refractivity contribution is 0.0997. The molecule has 0 unspecified atom stereocenters. The fourth-order valence-electron chi connectivity index (χ4n) is 2.51. The molecule has 1 fully saturated rings. The molecule has 1 aromatic rings. The zero-order valence-corrected chi connectivity index (χ0v) is 11.4. The lowest BCUT2D eigenvalue weighted by atomic mass is 9.89. The number of hydrogen-bond acceptors (Lipinski definition) is 3. The zero-order chi connectivity index (χ0) is 14.0. The molecular formula is C14H20FN3O. The molecule has 1 heterocycles. The monoisotopic (exact) mass is 265 g/mol. The number of nitrogens with one attached hydrogen (secondary N) is 1. The van der Waals surface area contributed by atoms with Crippen molar-refractivity contribution in [3.63, 3.8) is 0 Å². The van der Waals surface area contributed by atoms with Gasteiger partial charge in [0.05, 0.1) is 11.3 Å². The van der Waals surface area contributed by atoms with Crippen molar-refractivity contribution in [1.29, 1.82) is 0 Å². The Kier molecular flexibility index (Phi) is 3.75. The molecule has 1 saturated heterocycles. The molecule has 104 valence electrons. The lowest BCUT2D eigenvalue weighted by Crippen LogP contribution is -2.50. The topological polar surface area (TPSA) is 58.4 Å². The first-order valence-corrected chi connectivity index (χ1v) is 6.49. The fraction of sp³-hybridized carbons (Fsp3) is 0.500. The van der Waals surface area contributed by atoms with Gasteiger partial charge in [-0.15, -0.1) is 0 Å². The van der Waals surface area contributed by atoms with Crippen LogP contribution in [0.15, 0.2) is 18.2 Å². The highest BCUT2D eigenvalue weighted by atomic mass is 19.1. The minimum atomic E-state index is -0.713. The van der Waals surface area contributed by atoms with Gasteiger partial charge in [-0.25, -0.2) is 4.39 Å². The van der Waals surface area contributed by atoms with Gasteiger partial charge in [-0.05, 0) is 38.9 Å². The Morgan fingerprint density at radius 2 is 2.05 bits per heavy atom. The van der Waals surface area contributed by atoms with Crippen molar-refractivity contribution in [2.24, 2.45) is 5.73 Å². The Bertz CT molecular complexity index is 482. The quantitative estimate of drug-likeness (QED) is 0.871. The van der Waals surface area contributed by atoms with Crippen LogP contribution in [0, 0.1) is 5.82 Å². The molecule has 1 aromatic carbocycles. The summed E-state index contributed by atoms with van der Waals surface area (Å²) in [5.74, 6) is -1.26. The number of halogens is 1. The van der Waals surface area contributed by atoms with Gasteiger partial charge in [-0.3, -0.25) is 4.79 Å². The third-order valence-corrected chi connectivity index (χ3v) is 4.05. The molecule has 0 radical (unpaired) electrons. The number of anilines is 1. The summed E-state index contributed by atoms with van der Waals surface area (Å²) in [6.07, 6.45) is 1.89. The number of hydrogen-bond donors (Lipinski definition) is 2. The normalized spacial score (nSPS) is 18.4. The van der Waals surface area contributed by atoms with Crippen molar-refractivity contribution < 1.29 is 9.18 Å². The van der Waals surface area contributed by atoms with Gasteiger partial charge in [0.25, 0.3) is 5.91 Å². The number of nitrogens with two attached hydrogens (primary N) is 1. The van der Waals surface area contributed by atoms with Crippen LogP contribution in [0.25, 0.3) is 0 Å². The van der Waals surface area contributed by atoms with Gasteiger partial charge in [0.2, 0.25) is 0 Å². The molecule has 0 aliphatic carbocycles. The Morgan fingerprint density at radius 3 is 2.58 bits per heavy atom. The maximum Gasteiger partial charge on any atom is 0.253 e. The van der Waals surface area contributed by atoms with Crippen LogP contribution in [-0.2, 0) is 0 Å². The summed E-state index contributed by atoms with van der Waals surface area (Å²) < 4.78 is 13.7. The minimum absolute atomic E-state index is 0.00411. The first-order valence-electron chi connectivity index (χ1n) is 6.49. The number of rotatable bonds is 3. The molecule has 5 heteroatoms. The van der Waals surface area contributed by atoms with E-state index in [0.29, 0.717) is 5.69 Å². The van der Waals surface area contributed by atoms with E-state index in [0.717, 1.165) is 25.9 Å². The van der Waals surface area contributed by atoms with E-state index < -0.39 is 11.7 Å². The summed E-state index contributed by atoms with van der Waals surface area (Å²) in [5.41, 5.74) is 5.99. The van der Waals surface area contributed by atoms with E-state index in [1.165, 1.54) is 6.07 Å². The van der Waals surface area contributed by atoms with Gasteiger partial charge in [0, 0.05) is 18.6 Å². The third-order valence-electron chi connectivity index (χ3n) is 4.05. The highest BCUT2D eigenvalue weighted by molar-refractivity contribution is 5.99. The van der Waals surface area contributed by atoms with Gasteiger partial charge in [0.1, 0.15) is 5.82 Å². The molecule has 1 aliphatic heterocycles. The van der Waals surface area contributed by atoms with Crippen molar-refractivity contribution in [2.75, 3.05) is 25.0 Å². The van der Waals surface area contributed by atoms with Gasteiger partial charge >= 0.3 is 0 Å². The molecule has 0 atom stereocenters. The van der Waals surface area contributed by atoms with Crippen LogP contribution in [0.2, 0.25) is 0 Å². The zero-order valence-electron chi connectivity index (χ0n) is 11.4. The SMILES string of the molecule is CNC1(C)CCN(c2cccc(F)c2C(N)=O)CC1. The van der Waals surface area contributed by atoms with Crippen molar-refractivity contribution in [3.05, 3.63) is 29.6 Å². The highest BCUT2D eigenvalue weighted by Gasteiger charge is 2.30. The van der Waals surface area contributed by atoms with E-state index in [-0.39, 0.29) is 11.1 Å². The maximum atomic E-state index is 13.7. The smallest absolute Gasteiger partial charge is 0.253 e. The predicted molar refractivity (Wildman–Crippen MR) is 73.8 cm³/mol. The molecule has 19 heavy (non-hydrogen) atoms. The number of nitrogens with zero attached hydrogens (tertiary/aromatic N) is 1.